The zero-order valence-corrected chi connectivity index (χ0v) is 12.0. The van der Waals surface area contributed by atoms with Gasteiger partial charge in [-0.2, -0.15) is 0 Å². The minimum atomic E-state index is 0.535. The number of halogens is 1. The molecule has 0 aliphatic heterocycles. The molecule has 1 aliphatic carbocycles. The fourth-order valence-electron chi connectivity index (χ4n) is 2.58. The van der Waals surface area contributed by atoms with Crippen LogP contribution in [0.2, 0.25) is 5.15 Å². The van der Waals surface area contributed by atoms with Crippen LogP contribution in [-0.2, 0) is 0 Å². The number of aromatic nitrogens is 2. The summed E-state index contributed by atoms with van der Waals surface area (Å²) in [6.45, 7) is 5.54. The summed E-state index contributed by atoms with van der Waals surface area (Å²) in [4.78, 5) is 11.0. The first-order valence-corrected chi connectivity index (χ1v) is 7.29. The van der Waals surface area contributed by atoms with Gasteiger partial charge in [0, 0.05) is 25.0 Å². The largest absolute Gasteiger partial charge is 0.351 e. The third-order valence-electron chi connectivity index (χ3n) is 3.62. The highest BCUT2D eigenvalue weighted by atomic mass is 35.5. The number of anilines is 1. The van der Waals surface area contributed by atoms with Crippen LogP contribution in [0.25, 0.3) is 0 Å². The molecule has 1 aromatic heterocycles. The molecular formula is C14H22ClN3. The number of hydrogen-bond donors (Lipinski definition) is 0. The van der Waals surface area contributed by atoms with Gasteiger partial charge in [-0.15, -0.1) is 0 Å². The molecular weight excluding hydrogens is 246 g/mol. The third kappa shape index (κ3) is 3.35. The first-order valence-electron chi connectivity index (χ1n) is 6.91. The van der Waals surface area contributed by atoms with Crippen LogP contribution >= 0.6 is 11.6 Å². The maximum absolute atomic E-state index is 6.20. The van der Waals surface area contributed by atoms with E-state index >= 15 is 0 Å². The van der Waals surface area contributed by atoms with Gasteiger partial charge in [-0.05, 0) is 25.2 Å². The van der Waals surface area contributed by atoms with E-state index in [0.717, 1.165) is 12.4 Å². The van der Waals surface area contributed by atoms with E-state index in [1.54, 1.807) is 12.4 Å². The van der Waals surface area contributed by atoms with Gasteiger partial charge in [0.1, 0.15) is 0 Å². The lowest BCUT2D eigenvalue weighted by Crippen LogP contribution is -2.35. The van der Waals surface area contributed by atoms with E-state index in [0.29, 0.717) is 17.1 Å². The number of hydrogen-bond acceptors (Lipinski definition) is 3. The molecule has 0 radical (unpaired) electrons. The molecule has 0 spiro atoms. The minimum Gasteiger partial charge on any atom is -0.351 e. The Balaban J connectivity index is 2.15. The molecule has 1 heterocycles. The number of nitrogens with zero attached hydrogens (tertiary/aromatic N) is 3. The van der Waals surface area contributed by atoms with Crippen molar-refractivity contribution in [2.45, 2.75) is 52.0 Å². The Labute approximate surface area is 115 Å². The molecule has 4 heteroatoms. The highest BCUT2D eigenvalue weighted by Crippen LogP contribution is 2.30. The minimum absolute atomic E-state index is 0.535. The van der Waals surface area contributed by atoms with Gasteiger partial charge in [0.15, 0.2) is 11.0 Å². The highest BCUT2D eigenvalue weighted by molar-refractivity contribution is 6.31. The predicted molar refractivity (Wildman–Crippen MR) is 76.1 cm³/mol. The zero-order valence-electron chi connectivity index (χ0n) is 11.3. The molecule has 2 rings (SSSR count). The Kier molecular flexibility index (Phi) is 4.81. The van der Waals surface area contributed by atoms with Crippen molar-refractivity contribution in [2.75, 3.05) is 11.4 Å². The van der Waals surface area contributed by atoms with Crippen molar-refractivity contribution in [3.63, 3.8) is 0 Å². The third-order valence-corrected chi connectivity index (χ3v) is 3.89. The second kappa shape index (κ2) is 6.37. The number of rotatable bonds is 5. The normalized spacial score (nSPS) is 16.4. The molecule has 0 saturated heterocycles. The van der Waals surface area contributed by atoms with E-state index in [-0.39, 0.29) is 0 Å². The molecule has 100 valence electrons. The summed E-state index contributed by atoms with van der Waals surface area (Å²) in [5.74, 6) is 1.57. The molecule has 0 N–H and O–H groups in total. The first kappa shape index (κ1) is 13.6. The second-order valence-corrected chi connectivity index (χ2v) is 5.84. The lowest BCUT2D eigenvalue weighted by atomic mass is 10.1. The SMILES string of the molecule is CC(C)CCN(c1nccnc1Cl)C1CCCC1. The van der Waals surface area contributed by atoms with Crippen LogP contribution in [0, 0.1) is 5.92 Å². The van der Waals surface area contributed by atoms with Crippen molar-refractivity contribution >= 4 is 17.4 Å². The summed E-state index contributed by atoms with van der Waals surface area (Å²) < 4.78 is 0. The summed E-state index contributed by atoms with van der Waals surface area (Å²) in [6.07, 6.45) is 9.71. The Bertz CT molecular complexity index is 375. The summed E-state index contributed by atoms with van der Waals surface area (Å²) >= 11 is 6.20. The van der Waals surface area contributed by atoms with E-state index in [1.807, 2.05) is 0 Å². The van der Waals surface area contributed by atoms with Gasteiger partial charge in [-0.25, -0.2) is 9.97 Å². The topological polar surface area (TPSA) is 29.0 Å². The monoisotopic (exact) mass is 267 g/mol. The summed E-state index contributed by atoms with van der Waals surface area (Å²) in [7, 11) is 0. The van der Waals surface area contributed by atoms with Crippen molar-refractivity contribution in [3.8, 4) is 0 Å². The quantitative estimate of drug-likeness (QED) is 0.810. The highest BCUT2D eigenvalue weighted by Gasteiger charge is 2.25. The van der Waals surface area contributed by atoms with E-state index < -0.39 is 0 Å². The Hall–Kier alpha value is -0.830. The molecule has 1 saturated carbocycles. The standard InChI is InChI=1S/C14H22ClN3/c1-11(2)7-10-18(12-5-3-4-6-12)14-13(15)16-8-9-17-14/h8-9,11-12H,3-7,10H2,1-2H3. The van der Waals surface area contributed by atoms with Crippen molar-refractivity contribution in [1.82, 2.24) is 9.97 Å². The van der Waals surface area contributed by atoms with Gasteiger partial charge in [-0.1, -0.05) is 38.3 Å². The van der Waals surface area contributed by atoms with Crippen molar-refractivity contribution in [1.29, 1.82) is 0 Å². The van der Waals surface area contributed by atoms with Gasteiger partial charge in [0.05, 0.1) is 0 Å². The van der Waals surface area contributed by atoms with Crippen LogP contribution in [-0.4, -0.2) is 22.6 Å². The van der Waals surface area contributed by atoms with Gasteiger partial charge in [0.25, 0.3) is 0 Å². The molecule has 1 fully saturated rings. The summed E-state index contributed by atoms with van der Waals surface area (Å²) in [5.41, 5.74) is 0. The van der Waals surface area contributed by atoms with Crippen LogP contribution in [0.15, 0.2) is 12.4 Å². The Morgan fingerprint density at radius 2 is 1.94 bits per heavy atom. The molecule has 3 nitrogen and oxygen atoms in total. The van der Waals surface area contributed by atoms with Crippen LogP contribution < -0.4 is 4.90 Å². The lowest BCUT2D eigenvalue weighted by Gasteiger charge is -2.31. The molecule has 0 atom stereocenters. The van der Waals surface area contributed by atoms with E-state index in [9.17, 15) is 0 Å². The van der Waals surface area contributed by atoms with Gasteiger partial charge >= 0.3 is 0 Å². The van der Waals surface area contributed by atoms with Gasteiger partial charge in [-0.3, -0.25) is 0 Å². The van der Waals surface area contributed by atoms with Gasteiger partial charge in [0.2, 0.25) is 0 Å². The molecule has 0 bridgehead atoms. The van der Waals surface area contributed by atoms with Crippen molar-refractivity contribution in [2.24, 2.45) is 5.92 Å². The molecule has 0 amide bonds. The average molecular weight is 268 g/mol. The van der Waals surface area contributed by atoms with Crippen LogP contribution in [0.1, 0.15) is 46.0 Å². The second-order valence-electron chi connectivity index (χ2n) is 5.48. The Morgan fingerprint density at radius 1 is 1.28 bits per heavy atom. The smallest absolute Gasteiger partial charge is 0.171 e. The van der Waals surface area contributed by atoms with Gasteiger partial charge < -0.3 is 4.90 Å². The van der Waals surface area contributed by atoms with Crippen LogP contribution in [0.3, 0.4) is 0 Å². The zero-order chi connectivity index (χ0) is 13.0. The molecule has 1 aliphatic rings. The van der Waals surface area contributed by atoms with E-state index in [4.69, 9.17) is 11.6 Å². The molecule has 0 aromatic carbocycles. The van der Waals surface area contributed by atoms with E-state index in [2.05, 4.69) is 28.7 Å². The molecule has 0 unspecified atom stereocenters. The molecule has 18 heavy (non-hydrogen) atoms. The van der Waals surface area contributed by atoms with E-state index in [1.165, 1.54) is 32.1 Å². The summed E-state index contributed by atoms with van der Waals surface area (Å²) in [6, 6.07) is 0.595. The fourth-order valence-corrected chi connectivity index (χ4v) is 2.79. The fraction of sp³-hybridized carbons (Fsp3) is 0.714. The van der Waals surface area contributed by atoms with Crippen LogP contribution in [0.5, 0.6) is 0 Å². The summed E-state index contributed by atoms with van der Waals surface area (Å²) in [5, 5.41) is 0.535. The Morgan fingerprint density at radius 3 is 2.56 bits per heavy atom. The maximum atomic E-state index is 6.20. The predicted octanol–water partition coefficient (Wildman–Crippen LogP) is 3.93. The first-order chi connectivity index (χ1) is 8.68. The lowest BCUT2D eigenvalue weighted by molar-refractivity contribution is 0.524. The van der Waals surface area contributed by atoms with Crippen LogP contribution in [0.4, 0.5) is 5.82 Å². The van der Waals surface area contributed by atoms with Crippen molar-refractivity contribution < 1.29 is 0 Å². The molecule has 1 aromatic rings. The maximum Gasteiger partial charge on any atom is 0.171 e. The van der Waals surface area contributed by atoms with Crippen molar-refractivity contribution in [3.05, 3.63) is 17.5 Å². The average Bonchev–Trinajstić information content (AvgIpc) is 2.85.